The second-order valence-corrected chi connectivity index (χ2v) is 3.32. The Morgan fingerprint density at radius 1 is 1.45 bits per heavy atom. The lowest BCUT2D eigenvalue weighted by Gasteiger charge is -2.32. The van der Waals surface area contributed by atoms with Gasteiger partial charge >= 0.3 is 0 Å². The fourth-order valence-electron chi connectivity index (χ4n) is 1.65. The number of hydrogen-bond donors (Lipinski definition) is 0. The van der Waals surface area contributed by atoms with E-state index in [1.165, 1.54) is 12.8 Å². The Bertz CT molecular complexity index is 156. The van der Waals surface area contributed by atoms with Crippen LogP contribution < -0.4 is 0 Å². The van der Waals surface area contributed by atoms with Crippen LogP contribution in [0.4, 0.5) is 0 Å². The summed E-state index contributed by atoms with van der Waals surface area (Å²) in [6.07, 6.45) is 3.52. The molecule has 1 saturated carbocycles. The van der Waals surface area contributed by atoms with Crippen LogP contribution in [0.15, 0.2) is 0 Å². The molecule has 0 aromatic carbocycles. The molecule has 0 bridgehead atoms. The van der Waals surface area contributed by atoms with E-state index < -0.39 is 0 Å². The standard InChI is InChI=1S/C8H13NO2/c10-6-9-3-4-11-5-8(9)7-1-2-7/h6-8H,1-5H2/t8-/m1/s1. The third-order valence-electron chi connectivity index (χ3n) is 2.51. The number of ether oxygens (including phenoxy) is 1. The molecule has 0 radical (unpaired) electrons. The van der Waals surface area contributed by atoms with Gasteiger partial charge in [-0.25, -0.2) is 0 Å². The highest BCUT2D eigenvalue weighted by Crippen LogP contribution is 2.35. The Morgan fingerprint density at radius 3 is 2.91 bits per heavy atom. The van der Waals surface area contributed by atoms with E-state index in [-0.39, 0.29) is 0 Å². The Balaban J connectivity index is 1.96. The van der Waals surface area contributed by atoms with Crippen molar-refractivity contribution >= 4 is 6.41 Å². The predicted octanol–water partition coefficient (Wildman–Crippen LogP) is 0.254. The van der Waals surface area contributed by atoms with Crippen molar-refractivity contribution in [3.8, 4) is 0 Å². The molecule has 1 aliphatic carbocycles. The Morgan fingerprint density at radius 2 is 2.27 bits per heavy atom. The first-order chi connectivity index (χ1) is 5.42. The van der Waals surface area contributed by atoms with Gasteiger partial charge in [-0.3, -0.25) is 4.79 Å². The lowest BCUT2D eigenvalue weighted by atomic mass is 10.1. The lowest BCUT2D eigenvalue weighted by Crippen LogP contribution is -2.45. The Kier molecular flexibility index (Phi) is 1.82. The van der Waals surface area contributed by atoms with Crippen LogP contribution in [0.1, 0.15) is 12.8 Å². The summed E-state index contributed by atoms with van der Waals surface area (Å²) < 4.78 is 5.31. The van der Waals surface area contributed by atoms with Crippen molar-refractivity contribution in [1.82, 2.24) is 4.90 Å². The van der Waals surface area contributed by atoms with Crippen LogP contribution in [0.5, 0.6) is 0 Å². The molecule has 0 N–H and O–H groups in total. The number of amides is 1. The van der Waals surface area contributed by atoms with E-state index in [1.54, 1.807) is 0 Å². The minimum atomic E-state index is 0.390. The topological polar surface area (TPSA) is 29.5 Å². The van der Waals surface area contributed by atoms with Gasteiger partial charge in [0, 0.05) is 6.54 Å². The maximum Gasteiger partial charge on any atom is 0.210 e. The van der Waals surface area contributed by atoms with Crippen LogP contribution in [0, 0.1) is 5.92 Å². The summed E-state index contributed by atoms with van der Waals surface area (Å²) in [5.41, 5.74) is 0. The number of carbonyl (C=O) groups is 1. The van der Waals surface area contributed by atoms with E-state index in [2.05, 4.69) is 0 Å². The van der Waals surface area contributed by atoms with Crippen molar-refractivity contribution in [3.05, 3.63) is 0 Å². The van der Waals surface area contributed by atoms with Gasteiger partial charge in [-0.05, 0) is 18.8 Å². The minimum absolute atomic E-state index is 0.390. The van der Waals surface area contributed by atoms with Gasteiger partial charge in [0.2, 0.25) is 6.41 Å². The molecule has 1 atom stereocenters. The summed E-state index contributed by atoms with van der Waals surface area (Å²) in [5.74, 6) is 0.737. The zero-order valence-corrected chi connectivity index (χ0v) is 6.53. The molecular weight excluding hydrogens is 142 g/mol. The van der Waals surface area contributed by atoms with Crippen molar-refractivity contribution in [3.63, 3.8) is 0 Å². The molecule has 3 heteroatoms. The number of rotatable bonds is 2. The van der Waals surface area contributed by atoms with Gasteiger partial charge in [0.25, 0.3) is 0 Å². The summed E-state index contributed by atoms with van der Waals surface area (Å²) in [4.78, 5) is 12.5. The Labute approximate surface area is 66.3 Å². The molecular formula is C8H13NO2. The van der Waals surface area contributed by atoms with E-state index in [9.17, 15) is 4.79 Å². The second kappa shape index (κ2) is 2.81. The average Bonchev–Trinajstić information content (AvgIpc) is 2.87. The fourth-order valence-corrected chi connectivity index (χ4v) is 1.65. The van der Waals surface area contributed by atoms with Gasteiger partial charge in [0.1, 0.15) is 0 Å². The predicted molar refractivity (Wildman–Crippen MR) is 40.1 cm³/mol. The molecule has 1 heterocycles. The first-order valence-corrected chi connectivity index (χ1v) is 4.20. The monoisotopic (exact) mass is 155 g/mol. The molecule has 2 aliphatic rings. The molecule has 2 rings (SSSR count). The zero-order valence-electron chi connectivity index (χ0n) is 6.53. The molecule has 11 heavy (non-hydrogen) atoms. The summed E-state index contributed by atoms with van der Waals surface area (Å²) in [5, 5.41) is 0. The van der Waals surface area contributed by atoms with Crippen LogP contribution in [0.25, 0.3) is 0 Å². The summed E-state index contributed by atoms with van der Waals surface area (Å²) >= 11 is 0. The van der Waals surface area contributed by atoms with E-state index in [0.29, 0.717) is 12.6 Å². The highest BCUT2D eigenvalue weighted by molar-refractivity contribution is 5.48. The quantitative estimate of drug-likeness (QED) is 0.535. The number of morpholine rings is 1. The van der Waals surface area contributed by atoms with Gasteiger partial charge in [-0.1, -0.05) is 0 Å². The molecule has 1 amide bonds. The summed E-state index contributed by atoms with van der Waals surface area (Å²) in [7, 11) is 0. The average molecular weight is 155 g/mol. The van der Waals surface area contributed by atoms with Crippen LogP contribution >= 0.6 is 0 Å². The molecule has 3 nitrogen and oxygen atoms in total. The minimum Gasteiger partial charge on any atom is -0.377 e. The second-order valence-electron chi connectivity index (χ2n) is 3.32. The third-order valence-corrected chi connectivity index (χ3v) is 2.51. The molecule has 2 fully saturated rings. The molecule has 0 unspecified atom stereocenters. The van der Waals surface area contributed by atoms with E-state index in [1.807, 2.05) is 4.90 Å². The van der Waals surface area contributed by atoms with Crippen molar-refractivity contribution < 1.29 is 9.53 Å². The van der Waals surface area contributed by atoms with Crippen LogP contribution in [0.3, 0.4) is 0 Å². The third kappa shape index (κ3) is 1.38. The maximum atomic E-state index is 10.6. The molecule has 62 valence electrons. The van der Waals surface area contributed by atoms with Crippen molar-refractivity contribution in [1.29, 1.82) is 0 Å². The fraction of sp³-hybridized carbons (Fsp3) is 0.875. The summed E-state index contributed by atoms with van der Waals surface area (Å²) in [6, 6.07) is 0.390. The Hall–Kier alpha value is -0.570. The van der Waals surface area contributed by atoms with Crippen LogP contribution in [-0.4, -0.2) is 37.1 Å². The molecule has 1 aliphatic heterocycles. The number of nitrogens with zero attached hydrogens (tertiary/aromatic N) is 1. The van der Waals surface area contributed by atoms with Crippen LogP contribution in [-0.2, 0) is 9.53 Å². The number of hydrogen-bond acceptors (Lipinski definition) is 2. The highest BCUT2D eigenvalue weighted by Gasteiger charge is 2.36. The van der Waals surface area contributed by atoms with Gasteiger partial charge in [-0.15, -0.1) is 0 Å². The molecule has 0 aromatic heterocycles. The van der Waals surface area contributed by atoms with E-state index in [0.717, 1.165) is 25.5 Å². The SMILES string of the molecule is O=CN1CCOC[C@@H]1C1CC1. The normalized spacial score (nSPS) is 32.0. The summed E-state index contributed by atoms with van der Waals surface area (Å²) in [6.45, 7) is 2.25. The zero-order chi connectivity index (χ0) is 7.68. The van der Waals surface area contributed by atoms with Crippen molar-refractivity contribution in [2.45, 2.75) is 18.9 Å². The van der Waals surface area contributed by atoms with Gasteiger partial charge in [0.05, 0.1) is 19.3 Å². The van der Waals surface area contributed by atoms with Gasteiger partial charge in [0.15, 0.2) is 0 Å². The first kappa shape index (κ1) is 7.10. The lowest BCUT2D eigenvalue weighted by molar-refractivity contribution is -0.127. The van der Waals surface area contributed by atoms with Gasteiger partial charge < -0.3 is 9.64 Å². The number of carbonyl (C=O) groups excluding carboxylic acids is 1. The highest BCUT2D eigenvalue weighted by atomic mass is 16.5. The largest absolute Gasteiger partial charge is 0.377 e. The molecule has 0 aromatic rings. The van der Waals surface area contributed by atoms with Crippen molar-refractivity contribution in [2.24, 2.45) is 5.92 Å². The van der Waals surface area contributed by atoms with E-state index >= 15 is 0 Å². The molecule has 0 spiro atoms. The first-order valence-electron chi connectivity index (χ1n) is 4.20. The smallest absolute Gasteiger partial charge is 0.210 e. The van der Waals surface area contributed by atoms with E-state index in [4.69, 9.17) is 4.74 Å². The maximum absolute atomic E-state index is 10.6. The van der Waals surface area contributed by atoms with Gasteiger partial charge in [-0.2, -0.15) is 0 Å². The van der Waals surface area contributed by atoms with Crippen LogP contribution in [0.2, 0.25) is 0 Å². The van der Waals surface area contributed by atoms with Crippen molar-refractivity contribution in [2.75, 3.05) is 19.8 Å². The molecule has 1 saturated heterocycles.